The van der Waals surface area contributed by atoms with Gasteiger partial charge < -0.3 is 10.6 Å². The Labute approximate surface area is 146 Å². The minimum atomic E-state index is -3.57. The van der Waals surface area contributed by atoms with Crippen LogP contribution in [0.4, 0.5) is 14.9 Å². The van der Waals surface area contributed by atoms with E-state index in [1.54, 1.807) is 31.2 Å². The fraction of sp³-hybridized carbons (Fsp3) is 0.235. The predicted molar refractivity (Wildman–Crippen MR) is 94.3 cm³/mol. The SMILES string of the molecule is Cc1cc(CNC(=O)Nc2cccc(S(=O)(=O)N(C)C)c2)ccc1F. The van der Waals surface area contributed by atoms with Crippen LogP contribution in [0.1, 0.15) is 11.1 Å². The van der Waals surface area contributed by atoms with Gasteiger partial charge >= 0.3 is 6.03 Å². The number of benzene rings is 2. The highest BCUT2D eigenvalue weighted by atomic mass is 32.2. The molecule has 0 spiro atoms. The number of aryl methyl sites for hydroxylation is 1. The summed E-state index contributed by atoms with van der Waals surface area (Å²) in [6.45, 7) is 1.87. The van der Waals surface area contributed by atoms with Gasteiger partial charge in [-0.15, -0.1) is 0 Å². The van der Waals surface area contributed by atoms with E-state index in [1.807, 2.05) is 0 Å². The molecule has 2 aromatic carbocycles. The number of anilines is 1. The van der Waals surface area contributed by atoms with Crippen LogP contribution in [-0.4, -0.2) is 32.8 Å². The Bertz CT molecular complexity index is 882. The van der Waals surface area contributed by atoms with Gasteiger partial charge in [-0.3, -0.25) is 0 Å². The van der Waals surface area contributed by atoms with Gasteiger partial charge in [0.15, 0.2) is 0 Å². The Morgan fingerprint density at radius 3 is 2.52 bits per heavy atom. The number of sulfonamides is 1. The number of hydrogen-bond acceptors (Lipinski definition) is 3. The van der Waals surface area contributed by atoms with E-state index < -0.39 is 16.1 Å². The third-order valence-electron chi connectivity index (χ3n) is 3.55. The fourth-order valence-corrected chi connectivity index (χ4v) is 3.07. The van der Waals surface area contributed by atoms with Crippen LogP contribution in [0.2, 0.25) is 0 Å². The van der Waals surface area contributed by atoms with Crippen LogP contribution in [0.5, 0.6) is 0 Å². The first-order valence-electron chi connectivity index (χ1n) is 7.52. The number of urea groups is 1. The minimum Gasteiger partial charge on any atom is -0.334 e. The second-order valence-corrected chi connectivity index (χ2v) is 7.86. The number of rotatable bonds is 5. The highest BCUT2D eigenvalue weighted by Crippen LogP contribution is 2.18. The van der Waals surface area contributed by atoms with E-state index in [0.717, 1.165) is 9.87 Å². The third kappa shape index (κ3) is 4.77. The zero-order valence-electron chi connectivity index (χ0n) is 14.2. The van der Waals surface area contributed by atoms with Crippen molar-refractivity contribution in [3.05, 3.63) is 59.4 Å². The number of halogens is 1. The smallest absolute Gasteiger partial charge is 0.319 e. The highest BCUT2D eigenvalue weighted by Gasteiger charge is 2.17. The van der Waals surface area contributed by atoms with Gasteiger partial charge in [0.25, 0.3) is 0 Å². The molecule has 0 aliphatic carbocycles. The van der Waals surface area contributed by atoms with Crippen molar-refractivity contribution in [1.82, 2.24) is 9.62 Å². The van der Waals surface area contributed by atoms with E-state index in [2.05, 4.69) is 10.6 Å². The van der Waals surface area contributed by atoms with Crippen LogP contribution >= 0.6 is 0 Å². The summed E-state index contributed by atoms with van der Waals surface area (Å²) in [4.78, 5) is 12.1. The average molecular weight is 365 g/mol. The molecular formula is C17H20FN3O3S. The van der Waals surface area contributed by atoms with Gasteiger partial charge in [-0.25, -0.2) is 21.9 Å². The maximum absolute atomic E-state index is 13.2. The molecule has 0 fully saturated rings. The Morgan fingerprint density at radius 1 is 1.16 bits per heavy atom. The van der Waals surface area contributed by atoms with Crippen LogP contribution in [-0.2, 0) is 16.6 Å². The van der Waals surface area contributed by atoms with Crippen LogP contribution in [0.25, 0.3) is 0 Å². The molecular weight excluding hydrogens is 345 g/mol. The lowest BCUT2D eigenvalue weighted by atomic mass is 10.1. The predicted octanol–water partition coefficient (Wildman–Crippen LogP) is 2.71. The van der Waals surface area contributed by atoms with Crippen molar-refractivity contribution in [1.29, 1.82) is 0 Å². The Balaban J connectivity index is 2.02. The molecule has 0 bridgehead atoms. The van der Waals surface area contributed by atoms with Crippen LogP contribution in [0.15, 0.2) is 47.4 Å². The second kappa shape index (κ2) is 7.62. The van der Waals surface area contributed by atoms with Crippen molar-refractivity contribution >= 4 is 21.7 Å². The van der Waals surface area contributed by atoms with Gasteiger partial charge in [-0.05, 0) is 42.3 Å². The molecule has 0 radical (unpaired) electrons. The van der Waals surface area contributed by atoms with Crippen molar-refractivity contribution in [3.8, 4) is 0 Å². The minimum absolute atomic E-state index is 0.0875. The number of hydrogen-bond donors (Lipinski definition) is 2. The molecule has 2 rings (SSSR count). The monoisotopic (exact) mass is 365 g/mol. The average Bonchev–Trinajstić information content (AvgIpc) is 2.56. The van der Waals surface area contributed by atoms with E-state index in [4.69, 9.17) is 0 Å². The van der Waals surface area contributed by atoms with Crippen molar-refractivity contribution in [3.63, 3.8) is 0 Å². The largest absolute Gasteiger partial charge is 0.334 e. The van der Waals surface area contributed by atoms with Gasteiger partial charge in [0, 0.05) is 26.3 Å². The summed E-state index contributed by atoms with van der Waals surface area (Å²) in [6, 6.07) is 10.1. The normalized spacial score (nSPS) is 11.4. The zero-order chi connectivity index (χ0) is 18.6. The van der Waals surface area contributed by atoms with Crippen molar-refractivity contribution in [2.75, 3.05) is 19.4 Å². The molecule has 2 N–H and O–H groups in total. The van der Waals surface area contributed by atoms with E-state index in [0.29, 0.717) is 11.3 Å². The van der Waals surface area contributed by atoms with Crippen molar-refractivity contribution in [2.24, 2.45) is 0 Å². The highest BCUT2D eigenvalue weighted by molar-refractivity contribution is 7.89. The molecule has 0 atom stereocenters. The summed E-state index contributed by atoms with van der Waals surface area (Å²) in [5.41, 5.74) is 1.62. The van der Waals surface area contributed by atoms with E-state index in [9.17, 15) is 17.6 Å². The molecule has 2 aromatic rings. The first-order chi connectivity index (χ1) is 11.7. The van der Waals surface area contributed by atoms with Gasteiger partial charge in [0.05, 0.1) is 4.90 Å². The first kappa shape index (κ1) is 18.9. The van der Waals surface area contributed by atoms with Gasteiger partial charge in [0.2, 0.25) is 10.0 Å². The molecule has 134 valence electrons. The maximum Gasteiger partial charge on any atom is 0.319 e. The van der Waals surface area contributed by atoms with E-state index in [1.165, 1.54) is 32.3 Å². The maximum atomic E-state index is 13.2. The summed E-state index contributed by atoms with van der Waals surface area (Å²) in [5.74, 6) is -0.299. The second-order valence-electron chi connectivity index (χ2n) is 5.71. The van der Waals surface area contributed by atoms with E-state index in [-0.39, 0.29) is 17.3 Å². The van der Waals surface area contributed by atoms with Crippen molar-refractivity contribution in [2.45, 2.75) is 18.4 Å². The topological polar surface area (TPSA) is 78.5 Å². The lowest BCUT2D eigenvalue weighted by molar-refractivity contribution is 0.251. The molecule has 8 heteroatoms. The number of nitrogens with one attached hydrogen (secondary N) is 2. The standard InChI is InChI=1S/C17H20FN3O3S/c1-12-9-13(7-8-16(12)18)11-19-17(22)20-14-5-4-6-15(10-14)25(23,24)21(2)3/h4-10H,11H2,1-3H3,(H2,19,20,22). The number of nitrogens with zero attached hydrogens (tertiary/aromatic N) is 1. The Morgan fingerprint density at radius 2 is 1.88 bits per heavy atom. The fourth-order valence-electron chi connectivity index (χ4n) is 2.12. The molecule has 25 heavy (non-hydrogen) atoms. The molecule has 6 nitrogen and oxygen atoms in total. The molecule has 0 heterocycles. The molecule has 0 aromatic heterocycles. The Hall–Kier alpha value is -2.45. The number of amides is 2. The third-order valence-corrected chi connectivity index (χ3v) is 5.36. The Kier molecular flexibility index (Phi) is 5.76. The molecule has 2 amide bonds. The quantitative estimate of drug-likeness (QED) is 0.855. The van der Waals surface area contributed by atoms with Gasteiger partial charge in [0.1, 0.15) is 5.82 Å². The van der Waals surface area contributed by atoms with E-state index >= 15 is 0 Å². The molecule has 0 aliphatic heterocycles. The summed E-state index contributed by atoms with van der Waals surface area (Å²) in [6.07, 6.45) is 0. The number of carbonyl (C=O) groups excluding carboxylic acids is 1. The van der Waals surface area contributed by atoms with Crippen molar-refractivity contribution < 1.29 is 17.6 Å². The molecule has 0 saturated carbocycles. The lowest BCUT2D eigenvalue weighted by Gasteiger charge is -2.13. The summed E-state index contributed by atoms with van der Waals surface area (Å²) >= 11 is 0. The van der Waals surface area contributed by atoms with Crippen LogP contribution in [0.3, 0.4) is 0 Å². The summed E-state index contributed by atoms with van der Waals surface area (Å²) < 4.78 is 38.5. The van der Waals surface area contributed by atoms with Gasteiger partial charge in [-0.2, -0.15) is 0 Å². The van der Waals surface area contributed by atoms with Gasteiger partial charge in [-0.1, -0.05) is 18.2 Å². The zero-order valence-corrected chi connectivity index (χ0v) is 15.0. The first-order valence-corrected chi connectivity index (χ1v) is 8.96. The summed E-state index contributed by atoms with van der Waals surface area (Å²) in [5, 5.41) is 5.23. The molecule has 0 saturated heterocycles. The molecule has 0 unspecified atom stereocenters. The van der Waals surface area contributed by atoms with Crippen LogP contribution in [0, 0.1) is 12.7 Å². The lowest BCUT2D eigenvalue weighted by Crippen LogP contribution is -2.28. The molecule has 0 aliphatic rings. The summed E-state index contributed by atoms with van der Waals surface area (Å²) in [7, 11) is -0.699. The number of carbonyl (C=O) groups is 1. The van der Waals surface area contributed by atoms with Crippen LogP contribution < -0.4 is 10.6 Å².